The molecule has 2 unspecified atom stereocenters. The van der Waals surface area contributed by atoms with Crippen LogP contribution in [0, 0.1) is 0 Å². The Morgan fingerprint density at radius 3 is 2.79 bits per heavy atom. The minimum Gasteiger partial charge on any atom is -0.376 e. The lowest BCUT2D eigenvalue weighted by atomic mass is 10.1. The third kappa shape index (κ3) is 5.32. The monoisotopic (exact) mass is 375 g/mol. The second-order valence-electron chi connectivity index (χ2n) is 5.39. The molecule has 1 saturated heterocycles. The first kappa shape index (κ1) is 19.0. The van der Waals surface area contributed by atoms with E-state index >= 15 is 0 Å². The molecule has 1 aliphatic heterocycles. The molecule has 7 nitrogen and oxygen atoms in total. The van der Waals surface area contributed by atoms with Gasteiger partial charge >= 0.3 is 0 Å². The number of rotatable bonds is 7. The zero-order valence-electron chi connectivity index (χ0n) is 12.9. The number of nitrogens with one attached hydrogen (secondary N) is 3. The first-order valence-electron chi connectivity index (χ1n) is 7.52. The van der Waals surface area contributed by atoms with Gasteiger partial charge in [0.2, 0.25) is 5.91 Å². The zero-order valence-corrected chi connectivity index (χ0v) is 14.4. The maximum absolute atomic E-state index is 12.5. The van der Waals surface area contributed by atoms with E-state index in [0.717, 1.165) is 12.8 Å². The minimum absolute atomic E-state index is 0.00368. The fraction of sp³-hybridized carbons (Fsp3) is 0.467. The van der Waals surface area contributed by atoms with Gasteiger partial charge in [-0.05, 0) is 30.5 Å². The van der Waals surface area contributed by atoms with Crippen LogP contribution in [-0.4, -0.2) is 42.8 Å². The molecule has 9 heteroatoms. The first-order chi connectivity index (χ1) is 11.5. The van der Waals surface area contributed by atoms with E-state index < -0.39 is 11.9 Å². The summed E-state index contributed by atoms with van der Waals surface area (Å²) >= 11 is 12.0. The van der Waals surface area contributed by atoms with Crippen LogP contribution in [0.4, 0.5) is 0 Å². The van der Waals surface area contributed by atoms with Crippen molar-refractivity contribution in [2.75, 3.05) is 19.7 Å². The van der Waals surface area contributed by atoms with Crippen LogP contribution in [0.1, 0.15) is 24.4 Å². The molecular weight excluding hydrogens is 357 g/mol. The quantitative estimate of drug-likeness (QED) is 0.426. The molecule has 2 rings (SSSR count). The highest BCUT2D eigenvalue weighted by Gasteiger charge is 2.25. The summed E-state index contributed by atoms with van der Waals surface area (Å²) in [5, 5.41) is 14.9. The number of carbonyl (C=O) groups is 2. The van der Waals surface area contributed by atoms with Crippen LogP contribution in [0.5, 0.6) is 0 Å². The Kier molecular flexibility index (Phi) is 7.26. The van der Waals surface area contributed by atoms with E-state index in [-0.39, 0.29) is 18.6 Å². The number of carbonyl (C=O) groups excluding carboxylic acids is 2. The standard InChI is InChI=1S/C15H19Cl2N3O4/c16-9-3-4-11(12(17)6-9)14(18-8-13(21)20-23)15(22)19-7-10-2-1-5-24-10/h3-4,6,10,14,18,23H,1-2,5,7-8H2,(H,19,22)(H,20,21). The van der Waals surface area contributed by atoms with E-state index in [1.807, 2.05) is 0 Å². The highest BCUT2D eigenvalue weighted by atomic mass is 35.5. The van der Waals surface area contributed by atoms with Gasteiger partial charge in [-0.25, -0.2) is 5.48 Å². The number of hydrogen-bond acceptors (Lipinski definition) is 5. The summed E-state index contributed by atoms with van der Waals surface area (Å²) < 4.78 is 5.47. The smallest absolute Gasteiger partial charge is 0.257 e. The topological polar surface area (TPSA) is 99.7 Å². The number of ether oxygens (including phenoxy) is 1. The number of hydrogen-bond donors (Lipinski definition) is 4. The fourth-order valence-corrected chi connectivity index (χ4v) is 2.95. The molecule has 1 aliphatic rings. The molecule has 2 atom stereocenters. The van der Waals surface area contributed by atoms with Crippen molar-refractivity contribution in [1.82, 2.24) is 16.1 Å². The Labute approximate surface area is 149 Å². The van der Waals surface area contributed by atoms with Crippen molar-refractivity contribution in [3.8, 4) is 0 Å². The van der Waals surface area contributed by atoms with Gasteiger partial charge in [-0.15, -0.1) is 0 Å². The van der Waals surface area contributed by atoms with Gasteiger partial charge in [0, 0.05) is 23.2 Å². The largest absolute Gasteiger partial charge is 0.376 e. The fourth-order valence-electron chi connectivity index (χ4n) is 2.44. The molecular formula is C15H19Cl2N3O4. The summed E-state index contributed by atoms with van der Waals surface area (Å²) in [6, 6.07) is 3.88. The van der Waals surface area contributed by atoms with Crippen LogP contribution in [0.15, 0.2) is 18.2 Å². The molecule has 1 fully saturated rings. The van der Waals surface area contributed by atoms with Crippen molar-refractivity contribution in [1.29, 1.82) is 0 Å². The van der Waals surface area contributed by atoms with Gasteiger partial charge in [0.25, 0.3) is 5.91 Å². The molecule has 24 heavy (non-hydrogen) atoms. The molecule has 1 aromatic rings. The molecule has 0 radical (unpaired) electrons. The number of benzene rings is 1. The second kappa shape index (κ2) is 9.19. The molecule has 0 aromatic heterocycles. The number of halogens is 2. The lowest BCUT2D eigenvalue weighted by Crippen LogP contribution is -2.43. The van der Waals surface area contributed by atoms with Gasteiger partial charge in [0.1, 0.15) is 6.04 Å². The molecule has 1 aromatic carbocycles. The molecule has 0 aliphatic carbocycles. The molecule has 132 valence electrons. The Morgan fingerprint density at radius 1 is 1.38 bits per heavy atom. The Bertz CT molecular complexity index is 594. The van der Waals surface area contributed by atoms with Gasteiger partial charge in [-0.3, -0.25) is 20.1 Å². The van der Waals surface area contributed by atoms with E-state index in [2.05, 4.69) is 10.6 Å². The van der Waals surface area contributed by atoms with E-state index in [1.165, 1.54) is 11.5 Å². The molecule has 4 N–H and O–H groups in total. The Balaban J connectivity index is 2.08. The van der Waals surface area contributed by atoms with E-state index in [1.54, 1.807) is 12.1 Å². The Hall–Kier alpha value is -1.38. The van der Waals surface area contributed by atoms with Crippen molar-refractivity contribution in [3.63, 3.8) is 0 Å². The predicted octanol–water partition coefficient (Wildman–Crippen LogP) is 1.42. The summed E-state index contributed by atoms with van der Waals surface area (Å²) in [6.07, 6.45) is 1.87. The van der Waals surface area contributed by atoms with Crippen molar-refractivity contribution >= 4 is 35.0 Å². The third-order valence-corrected chi connectivity index (χ3v) is 4.22. The summed E-state index contributed by atoms with van der Waals surface area (Å²) in [5.41, 5.74) is 1.99. The molecule has 0 spiro atoms. The van der Waals surface area contributed by atoms with Crippen LogP contribution in [0.25, 0.3) is 0 Å². The number of hydroxylamine groups is 1. The highest BCUT2D eigenvalue weighted by molar-refractivity contribution is 6.35. The summed E-state index contributed by atoms with van der Waals surface area (Å²) in [7, 11) is 0. The van der Waals surface area contributed by atoms with Crippen molar-refractivity contribution in [2.45, 2.75) is 25.0 Å². The normalized spacial score (nSPS) is 18.2. The van der Waals surface area contributed by atoms with Gasteiger partial charge in [-0.2, -0.15) is 0 Å². The molecule has 0 bridgehead atoms. The van der Waals surface area contributed by atoms with Crippen molar-refractivity contribution in [2.24, 2.45) is 0 Å². The SMILES string of the molecule is O=C(CNC(C(=O)NCC1CCCO1)c1ccc(Cl)cc1Cl)NO. The lowest BCUT2D eigenvalue weighted by molar-refractivity contribution is -0.129. The van der Waals surface area contributed by atoms with Crippen LogP contribution in [-0.2, 0) is 14.3 Å². The van der Waals surface area contributed by atoms with E-state index in [4.69, 9.17) is 33.1 Å². The third-order valence-electron chi connectivity index (χ3n) is 3.66. The number of amides is 2. The average Bonchev–Trinajstić information content (AvgIpc) is 3.07. The predicted molar refractivity (Wildman–Crippen MR) is 89.1 cm³/mol. The highest BCUT2D eigenvalue weighted by Crippen LogP contribution is 2.26. The molecule has 1 heterocycles. The van der Waals surface area contributed by atoms with Crippen molar-refractivity contribution < 1.29 is 19.5 Å². The van der Waals surface area contributed by atoms with Crippen molar-refractivity contribution in [3.05, 3.63) is 33.8 Å². The Morgan fingerprint density at radius 2 is 2.17 bits per heavy atom. The first-order valence-corrected chi connectivity index (χ1v) is 8.27. The van der Waals surface area contributed by atoms with Gasteiger partial charge in [-0.1, -0.05) is 29.3 Å². The van der Waals surface area contributed by atoms with E-state index in [0.29, 0.717) is 28.8 Å². The molecule has 0 saturated carbocycles. The minimum atomic E-state index is -0.867. The van der Waals surface area contributed by atoms with Gasteiger partial charge in [0.15, 0.2) is 0 Å². The van der Waals surface area contributed by atoms with E-state index in [9.17, 15) is 9.59 Å². The average molecular weight is 376 g/mol. The van der Waals surface area contributed by atoms with Gasteiger partial charge < -0.3 is 10.1 Å². The van der Waals surface area contributed by atoms with Crippen LogP contribution >= 0.6 is 23.2 Å². The molecule has 2 amide bonds. The second-order valence-corrected chi connectivity index (χ2v) is 6.24. The van der Waals surface area contributed by atoms with Crippen LogP contribution < -0.4 is 16.1 Å². The summed E-state index contributed by atoms with van der Waals surface area (Å²) in [5.74, 6) is -1.02. The summed E-state index contributed by atoms with van der Waals surface area (Å²) in [6.45, 7) is 0.823. The van der Waals surface area contributed by atoms with Crippen LogP contribution in [0.3, 0.4) is 0 Å². The maximum atomic E-state index is 12.5. The van der Waals surface area contributed by atoms with Crippen LogP contribution in [0.2, 0.25) is 10.0 Å². The van der Waals surface area contributed by atoms with Gasteiger partial charge in [0.05, 0.1) is 12.6 Å². The zero-order chi connectivity index (χ0) is 17.5. The summed E-state index contributed by atoms with van der Waals surface area (Å²) in [4.78, 5) is 23.8. The lowest BCUT2D eigenvalue weighted by Gasteiger charge is -2.20. The maximum Gasteiger partial charge on any atom is 0.257 e.